The maximum Gasteiger partial charge on any atom is 0.332 e. The molecule has 3 amide bonds. The van der Waals surface area contributed by atoms with Crippen molar-refractivity contribution in [2.24, 2.45) is 0 Å². The molecule has 1 atom stereocenters. The fourth-order valence-electron chi connectivity index (χ4n) is 2.68. The van der Waals surface area contributed by atoms with Crippen molar-refractivity contribution < 1.29 is 14.1 Å². The molecule has 1 saturated heterocycles. The van der Waals surface area contributed by atoms with Crippen molar-refractivity contribution >= 4 is 17.6 Å². The third kappa shape index (κ3) is 2.16. The molecule has 0 unspecified atom stereocenters. The monoisotopic (exact) mass is 299 g/mol. The largest absolute Gasteiger partial charge is 0.361 e. The zero-order valence-corrected chi connectivity index (χ0v) is 12.7. The molecule has 3 rings (SSSR count). The average Bonchev–Trinajstić information content (AvgIpc) is 2.93. The molecule has 2 heterocycles. The maximum atomic E-state index is 12.7. The van der Waals surface area contributed by atoms with Gasteiger partial charge >= 0.3 is 6.03 Å². The summed E-state index contributed by atoms with van der Waals surface area (Å²) < 4.78 is 5.10. The fourth-order valence-corrected chi connectivity index (χ4v) is 2.68. The molecule has 0 N–H and O–H groups in total. The molecule has 0 spiro atoms. The number of hydrogen-bond donors (Lipinski definition) is 0. The number of imide groups is 1. The van der Waals surface area contributed by atoms with Crippen LogP contribution in [0.15, 0.2) is 34.9 Å². The van der Waals surface area contributed by atoms with Gasteiger partial charge in [0.2, 0.25) is 0 Å². The first-order valence-corrected chi connectivity index (χ1v) is 7.12. The number of nitrogens with zero attached hydrogens (tertiary/aromatic N) is 3. The van der Waals surface area contributed by atoms with Crippen LogP contribution in [0.25, 0.3) is 0 Å². The second-order valence-corrected chi connectivity index (χ2v) is 5.39. The van der Waals surface area contributed by atoms with Crippen LogP contribution < -0.4 is 4.90 Å². The average molecular weight is 299 g/mol. The number of carbonyl (C=O) groups excluding carboxylic acids is 2. The van der Waals surface area contributed by atoms with Crippen molar-refractivity contribution in [1.29, 1.82) is 0 Å². The number of rotatable bonds is 3. The summed E-state index contributed by atoms with van der Waals surface area (Å²) in [4.78, 5) is 27.9. The van der Waals surface area contributed by atoms with E-state index in [2.05, 4.69) is 5.16 Å². The van der Waals surface area contributed by atoms with Crippen LogP contribution in [0.1, 0.15) is 23.9 Å². The highest BCUT2D eigenvalue weighted by Gasteiger charge is 2.43. The van der Waals surface area contributed by atoms with Crippen molar-refractivity contribution in [2.75, 3.05) is 4.90 Å². The molecule has 1 aliphatic rings. The summed E-state index contributed by atoms with van der Waals surface area (Å²) >= 11 is 0. The van der Waals surface area contributed by atoms with Gasteiger partial charge in [0.15, 0.2) is 0 Å². The minimum Gasteiger partial charge on any atom is -0.361 e. The van der Waals surface area contributed by atoms with Crippen molar-refractivity contribution in [3.8, 4) is 0 Å². The SMILES string of the molecule is Cc1noc(C)c1CN1C(=O)[C@@H](C)N(c2ccccc2)C1=O. The molecule has 2 aromatic rings. The summed E-state index contributed by atoms with van der Waals surface area (Å²) in [6.45, 7) is 5.50. The molecule has 1 aliphatic heterocycles. The van der Waals surface area contributed by atoms with Gasteiger partial charge in [0.1, 0.15) is 11.8 Å². The van der Waals surface area contributed by atoms with Crippen LogP contribution in [0.3, 0.4) is 0 Å². The lowest BCUT2D eigenvalue weighted by atomic mass is 10.2. The quantitative estimate of drug-likeness (QED) is 0.817. The number of para-hydroxylation sites is 1. The number of amides is 3. The number of hydrogen-bond acceptors (Lipinski definition) is 4. The predicted octanol–water partition coefficient (Wildman–Crippen LogP) is 2.65. The van der Waals surface area contributed by atoms with E-state index in [0.717, 1.165) is 11.3 Å². The number of aryl methyl sites for hydroxylation is 2. The Morgan fingerprint density at radius 1 is 1.18 bits per heavy atom. The third-order valence-electron chi connectivity index (χ3n) is 3.98. The van der Waals surface area contributed by atoms with Gasteiger partial charge in [0, 0.05) is 11.3 Å². The van der Waals surface area contributed by atoms with E-state index in [0.29, 0.717) is 11.5 Å². The van der Waals surface area contributed by atoms with Crippen LogP contribution in [-0.2, 0) is 11.3 Å². The molecule has 6 nitrogen and oxygen atoms in total. The van der Waals surface area contributed by atoms with Gasteiger partial charge in [-0.3, -0.25) is 14.6 Å². The van der Waals surface area contributed by atoms with Crippen molar-refractivity contribution in [3.05, 3.63) is 47.3 Å². The van der Waals surface area contributed by atoms with Crippen molar-refractivity contribution in [3.63, 3.8) is 0 Å². The molecule has 0 radical (unpaired) electrons. The summed E-state index contributed by atoms with van der Waals surface area (Å²) in [5, 5.41) is 3.87. The second kappa shape index (κ2) is 5.29. The maximum absolute atomic E-state index is 12.7. The molecule has 114 valence electrons. The number of anilines is 1. The van der Waals surface area contributed by atoms with Gasteiger partial charge in [-0.05, 0) is 32.9 Å². The third-order valence-corrected chi connectivity index (χ3v) is 3.98. The summed E-state index contributed by atoms with van der Waals surface area (Å²) in [7, 11) is 0. The Morgan fingerprint density at radius 2 is 1.86 bits per heavy atom. The number of benzene rings is 1. The Morgan fingerprint density at radius 3 is 2.45 bits per heavy atom. The second-order valence-electron chi connectivity index (χ2n) is 5.39. The molecule has 0 aliphatic carbocycles. The van der Waals surface area contributed by atoms with Gasteiger partial charge < -0.3 is 4.52 Å². The minimum atomic E-state index is -0.518. The lowest BCUT2D eigenvalue weighted by molar-refractivity contribution is -0.127. The standard InChI is InChI=1S/C16H17N3O3/c1-10-14(12(3)22-17-10)9-18-15(20)11(2)19(16(18)21)13-7-5-4-6-8-13/h4-8,11H,9H2,1-3H3/t11-/m1/s1. The van der Waals surface area contributed by atoms with E-state index in [1.807, 2.05) is 30.3 Å². The van der Waals surface area contributed by atoms with Gasteiger partial charge in [-0.1, -0.05) is 23.4 Å². The summed E-state index contributed by atoms with van der Waals surface area (Å²) in [5.74, 6) is 0.415. The smallest absolute Gasteiger partial charge is 0.332 e. The van der Waals surface area contributed by atoms with Crippen LogP contribution >= 0.6 is 0 Å². The first kappa shape index (κ1) is 14.3. The lowest BCUT2D eigenvalue weighted by Crippen LogP contribution is -2.33. The van der Waals surface area contributed by atoms with Crippen molar-refractivity contribution in [1.82, 2.24) is 10.1 Å². The zero-order valence-electron chi connectivity index (χ0n) is 12.7. The van der Waals surface area contributed by atoms with Crippen molar-refractivity contribution in [2.45, 2.75) is 33.4 Å². The van der Waals surface area contributed by atoms with Crippen LogP contribution in [0.2, 0.25) is 0 Å². The van der Waals surface area contributed by atoms with Crippen LogP contribution in [0, 0.1) is 13.8 Å². The van der Waals surface area contributed by atoms with Gasteiger partial charge in [-0.15, -0.1) is 0 Å². The number of carbonyl (C=O) groups is 2. The molecule has 0 bridgehead atoms. The molecule has 6 heteroatoms. The Labute approximate surface area is 128 Å². The zero-order chi connectivity index (χ0) is 15.9. The Bertz CT molecular complexity index is 704. The first-order chi connectivity index (χ1) is 10.5. The van der Waals surface area contributed by atoms with E-state index in [1.165, 1.54) is 9.80 Å². The molecule has 0 saturated carbocycles. The molecule has 1 aromatic heterocycles. The molecular weight excluding hydrogens is 282 g/mol. The highest BCUT2D eigenvalue weighted by atomic mass is 16.5. The number of urea groups is 1. The van der Waals surface area contributed by atoms with E-state index in [9.17, 15) is 9.59 Å². The lowest BCUT2D eigenvalue weighted by Gasteiger charge is -2.19. The summed E-state index contributed by atoms with van der Waals surface area (Å²) in [5.41, 5.74) is 2.20. The number of aromatic nitrogens is 1. The topological polar surface area (TPSA) is 66.7 Å². The molecule has 1 fully saturated rings. The predicted molar refractivity (Wildman–Crippen MR) is 80.3 cm³/mol. The van der Waals surface area contributed by atoms with E-state index in [1.54, 1.807) is 20.8 Å². The van der Waals surface area contributed by atoms with Crippen LogP contribution in [0.4, 0.5) is 10.5 Å². The normalized spacial score (nSPS) is 18.4. The highest BCUT2D eigenvalue weighted by Crippen LogP contribution is 2.27. The summed E-state index contributed by atoms with van der Waals surface area (Å²) in [6, 6.07) is 8.37. The van der Waals surface area contributed by atoms with Gasteiger partial charge in [0.05, 0.1) is 12.2 Å². The minimum absolute atomic E-state index is 0.187. The van der Waals surface area contributed by atoms with E-state index in [4.69, 9.17) is 4.52 Å². The molecule has 22 heavy (non-hydrogen) atoms. The van der Waals surface area contributed by atoms with Gasteiger partial charge in [-0.25, -0.2) is 4.79 Å². The van der Waals surface area contributed by atoms with E-state index >= 15 is 0 Å². The van der Waals surface area contributed by atoms with Gasteiger partial charge in [-0.2, -0.15) is 0 Å². The Kier molecular flexibility index (Phi) is 3.44. The van der Waals surface area contributed by atoms with E-state index < -0.39 is 6.04 Å². The summed E-state index contributed by atoms with van der Waals surface area (Å²) in [6.07, 6.45) is 0. The Hall–Kier alpha value is -2.63. The Balaban J connectivity index is 1.91. The van der Waals surface area contributed by atoms with Crippen LogP contribution in [-0.4, -0.2) is 28.0 Å². The van der Waals surface area contributed by atoms with E-state index in [-0.39, 0.29) is 18.5 Å². The molecule has 1 aromatic carbocycles. The fraction of sp³-hybridized carbons (Fsp3) is 0.312. The van der Waals surface area contributed by atoms with Gasteiger partial charge in [0.25, 0.3) is 5.91 Å². The van der Waals surface area contributed by atoms with Crippen LogP contribution in [0.5, 0.6) is 0 Å². The highest BCUT2D eigenvalue weighted by molar-refractivity contribution is 6.13. The molecular formula is C16H17N3O3. The first-order valence-electron chi connectivity index (χ1n) is 7.12.